The van der Waals surface area contributed by atoms with Crippen molar-refractivity contribution in [3.63, 3.8) is 0 Å². The summed E-state index contributed by atoms with van der Waals surface area (Å²) < 4.78 is 5.86. The maximum atomic E-state index is 12.5. The average Bonchev–Trinajstić information content (AvgIpc) is 2.62. The molecule has 0 saturated carbocycles. The number of anilines is 1. The summed E-state index contributed by atoms with van der Waals surface area (Å²) in [6.07, 6.45) is 6.19. The third-order valence-corrected chi connectivity index (χ3v) is 4.30. The van der Waals surface area contributed by atoms with Crippen LogP contribution in [0.25, 0.3) is 0 Å². The summed E-state index contributed by atoms with van der Waals surface area (Å²) in [4.78, 5) is 22.8. The molecule has 0 bridgehead atoms. The van der Waals surface area contributed by atoms with Gasteiger partial charge < -0.3 is 15.0 Å². The lowest BCUT2D eigenvalue weighted by Gasteiger charge is -2.32. The maximum absolute atomic E-state index is 12.5. The van der Waals surface area contributed by atoms with Crippen molar-refractivity contribution >= 4 is 11.7 Å². The van der Waals surface area contributed by atoms with E-state index in [4.69, 9.17) is 4.74 Å². The van der Waals surface area contributed by atoms with E-state index < -0.39 is 0 Å². The number of urea groups is 1. The molecule has 3 rings (SSSR count). The lowest BCUT2D eigenvalue weighted by molar-refractivity contribution is 0.0982. The molecular formula is C19H24N4O2. The predicted molar refractivity (Wildman–Crippen MR) is 96.8 cm³/mol. The molecule has 1 N–H and O–H groups in total. The zero-order valence-corrected chi connectivity index (χ0v) is 14.7. The second kappa shape index (κ2) is 7.96. The first-order valence-corrected chi connectivity index (χ1v) is 8.74. The molecule has 6 heteroatoms. The van der Waals surface area contributed by atoms with Gasteiger partial charge >= 0.3 is 12.0 Å². The topological polar surface area (TPSA) is 67.3 Å². The Morgan fingerprint density at radius 3 is 2.88 bits per heavy atom. The van der Waals surface area contributed by atoms with Crippen LogP contribution in [-0.2, 0) is 6.42 Å². The molecule has 6 nitrogen and oxygen atoms in total. The Bertz CT molecular complexity index is 718. The van der Waals surface area contributed by atoms with Gasteiger partial charge in [-0.1, -0.05) is 19.1 Å². The van der Waals surface area contributed by atoms with Gasteiger partial charge in [0.05, 0.1) is 6.54 Å². The summed E-state index contributed by atoms with van der Waals surface area (Å²) in [6.45, 7) is 5.33. The van der Waals surface area contributed by atoms with Gasteiger partial charge in [0, 0.05) is 24.6 Å². The quantitative estimate of drug-likeness (QED) is 0.926. The van der Waals surface area contributed by atoms with Crippen LogP contribution in [0.2, 0.25) is 0 Å². The minimum absolute atomic E-state index is 0.0792. The fourth-order valence-electron chi connectivity index (χ4n) is 2.88. The van der Waals surface area contributed by atoms with Crippen LogP contribution in [0.5, 0.6) is 6.01 Å². The molecule has 0 aliphatic carbocycles. The minimum Gasteiger partial charge on any atom is -0.458 e. The van der Waals surface area contributed by atoms with Gasteiger partial charge in [0.1, 0.15) is 6.10 Å². The highest BCUT2D eigenvalue weighted by Crippen LogP contribution is 2.17. The maximum Gasteiger partial charge on any atom is 0.321 e. The molecule has 2 heterocycles. The van der Waals surface area contributed by atoms with Gasteiger partial charge in [0.25, 0.3) is 0 Å². The number of carbonyl (C=O) groups is 1. The molecule has 2 aromatic rings. The largest absolute Gasteiger partial charge is 0.458 e. The van der Waals surface area contributed by atoms with E-state index in [1.807, 2.05) is 31.2 Å². The smallest absolute Gasteiger partial charge is 0.321 e. The van der Waals surface area contributed by atoms with E-state index in [2.05, 4.69) is 22.2 Å². The number of amides is 2. The first-order valence-electron chi connectivity index (χ1n) is 8.74. The van der Waals surface area contributed by atoms with Crippen LogP contribution in [-0.4, -0.2) is 40.1 Å². The second-order valence-corrected chi connectivity index (χ2v) is 6.36. The lowest BCUT2D eigenvalue weighted by Crippen LogP contribution is -2.46. The van der Waals surface area contributed by atoms with Crippen molar-refractivity contribution in [1.29, 1.82) is 0 Å². The highest BCUT2D eigenvalue weighted by atomic mass is 16.5. The number of hydrogen-bond acceptors (Lipinski definition) is 4. The molecule has 0 spiro atoms. The monoisotopic (exact) mass is 340 g/mol. The number of likely N-dealkylation sites (tertiary alicyclic amines) is 1. The Balaban J connectivity index is 1.57. The first kappa shape index (κ1) is 17.2. The van der Waals surface area contributed by atoms with Gasteiger partial charge in [-0.3, -0.25) is 0 Å². The Hall–Kier alpha value is -2.63. The van der Waals surface area contributed by atoms with E-state index in [1.165, 1.54) is 0 Å². The molecule has 1 atom stereocenters. The highest BCUT2D eigenvalue weighted by molar-refractivity contribution is 5.89. The molecule has 132 valence electrons. The van der Waals surface area contributed by atoms with Crippen molar-refractivity contribution < 1.29 is 9.53 Å². The number of piperidine rings is 1. The number of carbonyl (C=O) groups excluding carboxylic acids is 1. The van der Waals surface area contributed by atoms with Crippen molar-refractivity contribution in [2.45, 2.75) is 39.2 Å². The average molecular weight is 340 g/mol. The van der Waals surface area contributed by atoms with Crippen LogP contribution in [0.4, 0.5) is 10.5 Å². The Morgan fingerprint density at radius 2 is 2.16 bits per heavy atom. The predicted octanol–water partition coefficient (Wildman–Crippen LogP) is 3.42. The number of ether oxygens (including phenoxy) is 1. The van der Waals surface area contributed by atoms with E-state index in [1.54, 1.807) is 17.3 Å². The van der Waals surface area contributed by atoms with Gasteiger partial charge in [-0.15, -0.1) is 0 Å². The third kappa shape index (κ3) is 4.68. The van der Waals surface area contributed by atoms with Crippen molar-refractivity contribution in [3.05, 3.63) is 47.8 Å². The third-order valence-electron chi connectivity index (χ3n) is 4.30. The van der Waals surface area contributed by atoms with E-state index in [9.17, 15) is 4.79 Å². The molecule has 25 heavy (non-hydrogen) atoms. The number of nitrogens with one attached hydrogen (secondary N) is 1. The van der Waals surface area contributed by atoms with Gasteiger partial charge in [0.15, 0.2) is 0 Å². The number of rotatable bonds is 4. The number of nitrogens with zero attached hydrogens (tertiary/aromatic N) is 3. The summed E-state index contributed by atoms with van der Waals surface area (Å²) >= 11 is 0. The summed E-state index contributed by atoms with van der Waals surface area (Å²) in [5.41, 5.74) is 3.01. The van der Waals surface area contributed by atoms with E-state index in [-0.39, 0.29) is 12.1 Å². The highest BCUT2D eigenvalue weighted by Gasteiger charge is 2.25. The Kier molecular flexibility index (Phi) is 5.48. The Labute approximate surface area is 148 Å². The standard InChI is InChI=1S/C19H24N4O2/c1-3-15-11-20-18(21-12-15)25-17-8-5-9-23(13-17)19(24)22-16-7-4-6-14(2)10-16/h4,6-7,10-12,17H,3,5,8-9,13H2,1-2H3,(H,22,24). The Morgan fingerprint density at radius 1 is 1.36 bits per heavy atom. The van der Waals surface area contributed by atoms with Crippen LogP contribution < -0.4 is 10.1 Å². The van der Waals surface area contributed by atoms with Crippen LogP contribution >= 0.6 is 0 Å². The minimum atomic E-state index is -0.0962. The van der Waals surface area contributed by atoms with E-state index in [0.717, 1.165) is 42.6 Å². The summed E-state index contributed by atoms with van der Waals surface area (Å²) in [6, 6.07) is 8.07. The lowest BCUT2D eigenvalue weighted by atomic mass is 10.1. The first-order chi connectivity index (χ1) is 12.1. The van der Waals surface area contributed by atoms with Gasteiger partial charge in [0.2, 0.25) is 0 Å². The summed E-state index contributed by atoms with van der Waals surface area (Å²) in [5.74, 6) is 0. The number of aryl methyl sites for hydroxylation is 2. The normalized spacial score (nSPS) is 17.2. The van der Waals surface area contributed by atoms with Crippen molar-refractivity contribution in [3.8, 4) is 6.01 Å². The van der Waals surface area contributed by atoms with Crippen LogP contribution in [0.1, 0.15) is 30.9 Å². The van der Waals surface area contributed by atoms with E-state index in [0.29, 0.717) is 12.6 Å². The molecule has 1 unspecified atom stereocenters. The molecule has 1 aliphatic heterocycles. The molecule has 1 aliphatic rings. The van der Waals surface area contributed by atoms with Crippen molar-refractivity contribution in [2.24, 2.45) is 0 Å². The number of hydrogen-bond donors (Lipinski definition) is 1. The van der Waals surface area contributed by atoms with Crippen molar-refractivity contribution in [1.82, 2.24) is 14.9 Å². The SMILES string of the molecule is CCc1cnc(OC2CCCN(C(=O)Nc3cccc(C)c3)C2)nc1. The summed E-state index contributed by atoms with van der Waals surface area (Å²) in [5, 5.41) is 2.95. The molecule has 1 fully saturated rings. The molecule has 1 aromatic heterocycles. The number of benzene rings is 1. The second-order valence-electron chi connectivity index (χ2n) is 6.36. The van der Waals surface area contributed by atoms with Crippen molar-refractivity contribution in [2.75, 3.05) is 18.4 Å². The van der Waals surface area contributed by atoms with Crippen LogP contribution in [0.3, 0.4) is 0 Å². The number of aromatic nitrogens is 2. The van der Waals surface area contributed by atoms with Gasteiger partial charge in [-0.05, 0) is 49.4 Å². The van der Waals surface area contributed by atoms with Crippen LogP contribution in [0, 0.1) is 6.92 Å². The molecule has 0 radical (unpaired) electrons. The fourth-order valence-corrected chi connectivity index (χ4v) is 2.88. The fraction of sp³-hybridized carbons (Fsp3) is 0.421. The summed E-state index contributed by atoms with van der Waals surface area (Å²) in [7, 11) is 0. The molecule has 1 saturated heterocycles. The van der Waals surface area contributed by atoms with Crippen LogP contribution in [0.15, 0.2) is 36.7 Å². The molecular weight excluding hydrogens is 316 g/mol. The molecule has 2 amide bonds. The van der Waals surface area contributed by atoms with Gasteiger partial charge in [-0.25, -0.2) is 14.8 Å². The molecule has 1 aromatic carbocycles. The zero-order valence-electron chi connectivity index (χ0n) is 14.7. The van der Waals surface area contributed by atoms with E-state index >= 15 is 0 Å². The zero-order chi connectivity index (χ0) is 17.6. The van der Waals surface area contributed by atoms with Gasteiger partial charge in [-0.2, -0.15) is 0 Å².